The summed E-state index contributed by atoms with van der Waals surface area (Å²) in [6.07, 6.45) is 2.32. The molecule has 1 saturated carbocycles. The van der Waals surface area contributed by atoms with E-state index in [2.05, 4.69) is 15.5 Å². The van der Waals surface area contributed by atoms with Crippen molar-refractivity contribution in [2.75, 3.05) is 5.73 Å². The van der Waals surface area contributed by atoms with E-state index in [9.17, 15) is 0 Å². The van der Waals surface area contributed by atoms with Crippen molar-refractivity contribution in [1.82, 2.24) is 20.2 Å². The van der Waals surface area contributed by atoms with Gasteiger partial charge in [0, 0.05) is 22.0 Å². The van der Waals surface area contributed by atoms with Gasteiger partial charge < -0.3 is 5.73 Å². The Kier molecular flexibility index (Phi) is 3.13. The lowest BCUT2D eigenvalue weighted by molar-refractivity contribution is 0.565. The van der Waals surface area contributed by atoms with Gasteiger partial charge in [0.25, 0.3) is 0 Å². The predicted octanol–water partition coefficient (Wildman–Crippen LogP) is 2.54. The first kappa shape index (κ1) is 11.8. The first-order chi connectivity index (χ1) is 8.75. The molecule has 0 radical (unpaired) electrons. The molecule has 0 saturated heterocycles. The molecule has 0 amide bonds. The molecule has 0 bridgehead atoms. The lowest BCUT2D eigenvalue weighted by Gasteiger charge is -2.07. The van der Waals surface area contributed by atoms with Gasteiger partial charge in [0.05, 0.1) is 6.04 Å². The summed E-state index contributed by atoms with van der Waals surface area (Å²) in [5.41, 5.74) is 7.56. The van der Waals surface area contributed by atoms with Gasteiger partial charge in [-0.25, -0.2) is 4.68 Å². The molecule has 0 unspecified atom stereocenters. The highest BCUT2D eigenvalue weighted by atomic mass is 35.5. The molecule has 0 aliphatic heterocycles. The summed E-state index contributed by atoms with van der Waals surface area (Å²) < 4.78 is 1.89. The number of aromatic nitrogens is 4. The van der Waals surface area contributed by atoms with Crippen LogP contribution in [0.5, 0.6) is 0 Å². The van der Waals surface area contributed by atoms with Crippen LogP contribution < -0.4 is 5.73 Å². The largest absolute Gasteiger partial charge is 0.398 e. The van der Waals surface area contributed by atoms with E-state index in [4.69, 9.17) is 17.3 Å². The van der Waals surface area contributed by atoms with Crippen LogP contribution in [0.2, 0.25) is 5.02 Å². The molecular weight excluding hydrogens is 270 g/mol. The predicted molar refractivity (Wildman–Crippen MR) is 71.5 cm³/mol. The van der Waals surface area contributed by atoms with Crippen molar-refractivity contribution in [2.24, 2.45) is 0 Å². The van der Waals surface area contributed by atoms with Crippen molar-refractivity contribution in [3.63, 3.8) is 0 Å². The molecule has 1 aromatic heterocycles. The number of thioether (sulfide) groups is 1. The van der Waals surface area contributed by atoms with Gasteiger partial charge in [0.15, 0.2) is 0 Å². The second kappa shape index (κ2) is 4.78. The van der Waals surface area contributed by atoms with Crippen molar-refractivity contribution in [3.05, 3.63) is 28.8 Å². The third-order valence-electron chi connectivity index (χ3n) is 2.86. The van der Waals surface area contributed by atoms with Gasteiger partial charge in [0.2, 0.25) is 5.16 Å². The number of tetrazole rings is 1. The van der Waals surface area contributed by atoms with E-state index in [0.29, 0.717) is 22.5 Å². The summed E-state index contributed by atoms with van der Waals surface area (Å²) in [4.78, 5) is 0. The quantitative estimate of drug-likeness (QED) is 0.689. The maximum absolute atomic E-state index is 6.13. The zero-order valence-corrected chi connectivity index (χ0v) is 11.2. The smallest absolute Gasteiger partial charge is 0.209 e. The van der Waals surface area contributed by atoms with Gasteiger partial charge in [-0.15, -0.1) is 5.10 Å². The van der Waals surface area contributed by atoms with E-state index in [0.717, 1.165) is 23.6 Å². The fourth-order valence-corrected chi connectivity index (χ4v) is 3.03. The normalized spacial score (nSPS) is 14.9. The van der Waals surface area contributed by atoms with Crippen molar-refractivity contribution >= 4 is 29.1 Å². The molecule has 94 valence electrons. The van der Waals surface area contributed by atoms with Crippen molar-refractivity contribution in [3.8, 4) is 0 Å². The Hall–Kier alpha value is -1.27. The van der Waals surface area contributed by atoms with Crippen molar-refractivity contribution in [2.45, 2.75) is 29.8 Å². The summed E-state index contributed by atoms with van der Waals surface area (Å²) in [6.45, 7) is 0. The van der Waals surface area contributed by atoms with Gasteiger partial charge in [-0.05, 0) is 35.4 Å². The number of rotatable bonds is 4. The van der Waals surface area contributed by atoms with Crippen LogP contribution in [-0.2, 0) is 5.75 Å². The summed E-state index contributed by atoms with van der Waals surface area (Å²) >= 11 is 7.70. The van der Waals surface area contributed by atoms with Crippen LogP contribution in [0.15, 0.2) is 23.4 Å². The molecule has 5 nitrogen and oxygen atoms in total. The van der Waals surface area contributed by atoms with Gasteiger partial charge in [-0.2, -0.15) is 0 Å². The first-order valence-corrected chi connectivity index (χ1v) is 7.05. The van der Waals surface area contributed by atoms with Crippen LogP contribution in [-0.4, -0.2) is 20.2 Å². The monoisotopic (exact) mass is 281 g/mol. The van der Waals surface area contributed by atoms with E-state index in [1.54, 1.807) is 11.8 Å². The highest BCUT2D eigenvalue weighted by molar-refractivity contribution is 7.98. The molecule has 7 heteroatoms. The van der Waals surface area contributed by atoms with Gasteiger partial charge >= 0.3 is 0 Å². The topological polar surface area (TPSA) is 69.6 Å². The van der Waals surface area contributed by atoms with Crippen molar-refractivity contribution in [1.29, 1.82) is 0 Å². The number of nitrogens with zero attached hydrogens (tertiary/aromatic N) is 4. The number of halogens is 1. The van der Waals surface area contributed by atoms with Gasteiger partial charge in [-0.1, -0.05) is 29.4 Å². The van der Waals surface area contributed by atoms with Crippen LogP contribution >= 0.6 is 23.4 Å². The van der Waals surface area contributed by atoms with E-state index in [1.165, 1.54) is 0 Å². The molecule has 0 atom stereocenters. The minimum atomic E-state index is 0.478. The molecule has 1 heterocycles. The van der Waals surface area contributed by atoms with E-state index in [-0.39, 0.29) is 0 Å². The van der Waals surface area contributed by atoms with E-state index in [1.807, 2.05) is 22.9 Å². The third-order valence-corrected chi connectivity index (χ3v) is 4.17. The highest BCUT2D eigenvalue weighted by Gasteiger charge is 2.27. The lowest BCUT2D eigenvalue weighted by atomic mass is 10.2. The van der Waals surface area contributed by atoms with Crippen molar-refractivity contribution < 1.29 is 0 Å². The van der Waals surface area contributed by atoms with Crippen LogP contribution in [0, 0.1) is 0 Å². The summed E-state index contributed by atoms with van der Waals surface area (Å²) in [7, 11) is 0. The summed E-state index contributed by atoms with van der Waals surface area (Å²) in [6, 6.07) is 6.02. The number of hydrogen-bond acceptors (Lipinski definition) is 5. The number of anilines is 1. The Balaban J connectivity index is 1.76. The third kappa shape index (κ3) is 2.30. The van der Waals surface area contributed by atoms with Gasteiger partial charge in [0.1, 0.15) is 0 Å². The van der Waals surface area contributed by atoms with Crippen LogP contribution in [0.25, 0.3) is 0 Å². The number of nitrogens with two attached hydrogens (primary N) is 1. The lowest BCUT2D eigenvalue weighted by Crippen LogP contribution is -1.99. The summed E-state index contributed by atoms with van der Waals surface area (Å²) in [5, 5.41) is 13.3. The molecular formula is C11H12ClN5S. The Morgan fingerprint density at radius 2 is 2.28 bits per heavy atom. The number of hydrogen-bond donors (Lipinski definition) is 1. The maximum Gasteiger partial charge on any atom is 0.209 e. The molecule has 1 aliphatic rings. The average Bonchev–Trinajstić information content (AvgIpc) is 3.09. The number of nitrogen functional groups attached to an aromatic ring is 1. The molecule has 2 aromatic rings. The standard InChI is InChI=1S/C11H12ClN5S/c12-9-2-1-3-10(13)8(9)6-18-11-14-15-16-17(11)7-4-5-7/h1-3,7H,4-6,13H2. The minimum Gasteiger partial charge on any atom is -0.398 e. The molecule has 1 aliphatic carbocycles. The maximum atomic E-state index is 6.13. The molecule has 1 fully saturated rings. The highest BCUT2D eigenvalue weighted by Crippen LogP contribution is 2.37. The fraction of sp³-hybridized carbons (Fsp3) is 0.364. The average molecular weight is 282 g/mol. The van der Waals surface area contributed by atoms with Crippen LogP contribution in [0.1, 0.15) is 24.4 Å². The van der Waals surface area contributed by atoms with E-state index < -0.39 is 0 Å². The Bertz CT molecular complexity index is 546. The molecule has 18 heavy (non-hydrogen) atoms. The zero-order chi connectivity index (χ0) is 12.5. The minimum absolute atomic E-state index is 0.478. The Morgan fingerprint density at radius 1 is 1.44 bits per heavy atom. The molecule has 2 N–H and O–H groups in total. The van der Waals surface area contributed by atoms with Crippen LogP contribution in [0.4, 0.5) is 5.69 Å². The van der Waals surface area contributed by atoms with Crippen LogP contribution in [0.3, 0.4) is 0 Å². The SMILES string of the molecule is Nc1cccc(Cl)c1CSc1nnnn1C1CC1. The Labute approximate surface area is 114 Å². The summed E-state index contributed by atoms with van der Waals surface area (Å²) in [5.74, 6) is 0.679. The Morgan fingerprint density at radius 3 is 3.00 bits per heavy atom. The fourth-order valence-electron chi connectivity index (χ4n) is 1.69. The first-order valence-electron chi connectivity index (χ1n) is 5.69. The zero-order valence-electron chi connectivity index (χ0n) is 9.58. The van der Waals surface area contributed by atoms with Gasteiger partial charge in [-0.3, -0.25) is 0 Å². The second-order valence-electron chi connectivity index (χ2n) is 4.23. The molecule has 0 spiro atoms. The molecule has 3 rings (SSSR count). The second-order valence-corrected chi connectivity index (χ2v) is 5.58. The molecule has 1 aromatic carbocycles. The van der Waals surface area contributed by atoms with E-state index >= 15 is 0 Å². The number of benzene rings is 1.